The van der Waals surface area contributed by atoms with Crippen LogP contribution in [0.1, 0.15) is 13.3 Å². The van der Waals surface area contributed by atoms with Gasteiger partial charge in [-0.2, -0.15) is 5.10 Å². The molecule has 0 aromatic carbocycles. The van der Waals surface area contributed by atoms with Gasteiger partial charge in [0.1, 0.15) is 11.8 Å². The zero-order chi connectivity index (χ0) is 9.84. The predicted molar refractivity (Wildman–Crippen MR) is 41.6 cm³/mol. The van der Waals surface area contributed by atoms with Crippen LogP contribution in [-0.4, -0.2) is 30.8 Å². The molecule has 0 bridgehead atoms. The molecule has 13 heavy (non-hydrogen) atoms. The van der Waals surface area contributed by atoms with Gasteiger partial charge in [0.25, 0.3) is 6.43 Å². The Hall–Kier alpha value is -1.20. The van der Waals surface area contributed by atoms with Crippen LogP contribution in [-0.2, 0) is 9.53 Å². The Balaban J connectivity index is 2.44. The van der Waals surface area contributed by atoms with Crippen molar-refractivity contribution in [2.24, 2.45) is 5.10 Å². The summed E-state index contributed by atoms with van der Waals surface area (Å²) in [6, 6.07) is -1.06. The third-order valence-corrected chi connectivity index (χ3v) is 1.59. The van der Waals surface area contributed by atoms with E-state index in [1.54, 1.807) is 6.92 Å². The lowest BCUT2D eigenvalue weighted by Crippen LogP contribution is -2.28. The van der Waals surface area contributed by atoms with Crippen molar-refractivity contribution in [1.29, 1.82) is 0 Å². The van der Waals surface area contributed by atoms with Crippen LogP contribution in [0, 0.1) is 0 Å². The van der Waals surface area contributed by atoms with Crippen molar-refractivity contribution in [1.82, 2.24) is 5.43 Å². The smallest absolute Gasteiger partial charge is 0.354 e. The quantitative estimate of drug-likeness (QED) is 0.663. The van der Waals surface area contributed by atoms with Crippen LogP contribution in [0.2, 0.25) is 0 Å². The molecule has 0 aliphatic carbocycles. The largest absolute Gasteiger partial charge is 0.461 e. The van der Waals surface area contributed by atoms with Crippen molar-refractivity contribution < 1.29 is 18.3 Å². The van der Waals surface area contributed by atoms with E-state index in [-0.39, 0.29) is 18.7 Å². The van der Waals surface area contributed by atoms with Gasteiger partial charge in [-0.3, -0.25) is 0 Å². The Morgan fingerprint density at radius 2 is 2.54 bits per heavy atom. The highest BCUT2D eigenvalue weighted by atomic mass is 19.3. The van der Waals surface area contributed by atoms with Gasteiger partial charge < -0.3 is 10.2 Å². The molecule has 0 amide bonds. The van der Waals surface area contributed by atoms with Crippen LogP contribution in [0.25, 0.3) is 0 Å². The number of carbonyl (C=O) groups is 1. The molecule has 0 saturated heterocycles. The van der Waals surface area contributed by atoms with Gasteiger partial charge in [-0.15, -0.1) is 0 Å². The van der Waals surface area contributed by atoms with E-state index in [9.17, 15) is 13.6 Å². The number of hydrogen-bond donors (Lipinski definition) is 1. The van der Waals surface area contributed by atoms with Gasteiger partial charge in [0.2, 0.25) is 0 Å². The van der Waals surface area contributed by atoms with Crippen LogP contribution in [0.5, 0.6) is 0 Å². The molecule has 0 saturated carbocycles. The van der Waals surface area contributed by atoms with Gasteiger partial charge in [0, 0.05) is 6.42 Å². The Labute approximate surface area is 73.9 Å². The minimum Gasteiger partial charge on any atom is -0.461 e. The summed E-state index contributed by atoms with van der Waals surface area (Å²) in [5.41, 5.74) is 2.22. The fourth-order valence-electron chi connectivity index (χ4n) is 0.949. The van der Waals surface area contributed by atoms with Gasteiger partial charge in [0.15, 0.2) is 0 Å². The van der Waals surface area contributed by atoms with Crippen LogP contribution >= 0.6 is 0 Å². The summed E-state index contributed by atoms with van der Waals surface area (Å²) in [5, 5.41) is 3.47. The zero-order valence-corrected chi connectivity index (χ0v) is 7.09. The van der Waals surface area contributed by atoms with Gasteiger partial charge in [-0.05, 0) is 6.92 Å². The summed E-state index contributed by atoms with van der Waals surface area (Å²) in [6.45, 7) is 1.86. The van der Waals surface area contributed by atoms with Gasteiger partial charge in [-0.25, -0.2) is 13.6 Å². The van der Waals surface area contributed by atoms with Crippen LogP contribution in [0.15, 0.2) is 5.10 Å². The molecule has 1 atom stereocenters. The minimum atomic E-state index is -2.52. The molecule has 1 heterocycles. The number of hydrogen-bond acceptors (Lipinski definition) is 4. The highest BCUT2D eigenvalue weighted by Gasteiger charge is 2.30. The summed E-state index contributed by atoms with van der Waals surface area (Å²) in [5.74, 6) is -0.627. The maximum atomic E-state index is 12.1. The standard InChI is InChI=1S/C7H10F2N2O2/c1-2-13-7(12)5-3-4(6(8)9)10-11-5/h4,6,10H,2-3H2,1H3/t4-/m0/s1. The Morgan fingerprint density at radius 3 is 3.00 bits per heavy atom. The molecule has 0 radical (unpaired) electrons. The van der Waals surface area contributed by atoms with Gasteiger partial charge in [0.05, 0.1) is 6.61 Å². The minimum absolute atomic E-state index is 0.0344. The molecule has 6 heteroatoms. The maximum Gasteiger partial charge on any atom is 0.354 e. The molecular weight excluding hydrogens is 182 g/mol. The van der Waals surface area contributed by atoms with Gasteiger partial charge in [-0.1, -0.05) is 0 Å². The fourth-order valence-corrected chi connectivity index (χ4v) is 0.949. The fraction of sp³-hybridized carbons (Fsp3) is 0.714. The third-order valence-electron chi connectivity index (χ3n) is 1.59. The van der Waals surface area contributed by atoms with Crippen molar-refractivity contribution >= 4 is 11.7 Å². The number of rotatable bonds is 3. The first-order valence-corrected chi connectivity index (χ1v) is 3.92. The predicted octanol–water partition coefficient (Wildman–Crippen LogP) is 0.532. The molecule has 0 aromatic rings. The van der Waals surface area contributed by atoms with Crippen LogP contribution in [0.4, 0.5) is 8.78 Å². The second-order valence-corrected chi connectivity index (χ2v) is 2.55. The lowest BCUT2D eigenvalue weighted by Gasteiger charge is -2.06. The lowest BCUT2D eigenvalue weighted by atomic mass is 10.2. The molecule has 4 nitrogen and oxygen atoms in total. The number of hydrazone groups is 1. The molecule has 1 aliphatic rings. The summed E-state index contributed by atoms with van der Waals surface area (Å²) < 4.78 is 28.7. The summed E-state index contributed by atoms with van der Waals surface area (Å²) in [6.07, 6.45) is -2.59. The first-order valence-electron chi connectivity index (χ1n) is 3.92. The van der Waals surface area contributed by atoms with E-state index in [1.165, 1.54) is 0 Å². The first kappa shape index (κ1) is 9.88. The highest BCUT2D eigenvalue weighted by Crippen LogP contribution is 2.12. The van der Waals surface area contributed by atoms with Crippen molar-refractivity contribution in [3.05, 3.63) is 0 Å². The molecular formula is C7H10F2N2O2. The van der Waals surface area contributed by atoms with Crippen LogP contribution < -0.4 is 5.43 Å². The summed E-state index contributed by atoms with van der Waals surface area (Å²) in [4.78, 5) is 11.0. The molecule has 1 aliphatic heterocycles. The number of alkyl halides is 2. The van der Waals surface area contributed by atoms with E-state index < -0.39 is 18.4 Å². The van der Waals surface area contributed by atoms with Crippen molar-refractivity contribution in [2.45, 2.75) is 25.8 Å². The SMILES string of the molecule is CCOC(=O)C1=NN[C@H](C(F)F)C1. The topological polar surface area (TPSA) is 50.7 Å². The van der Waals surface area contributed by atoms with E-state index in [0.717, 1.165) is 0 Å². The molecule has 0 aromatic heterocycles. The van der Waals surface area contributed by atoms with Crippen molar-refractivity contribution in [3.63, 3.8) is 0 Å². The molecule has 0 unspecified atom stereocenters. The number of ether oxygens (including phenoxy) is 1. The third kappa shape index (κ3) is 2.37. The Bertz CT molecular complexity index is 231. The normalized spacial score (nSPS) is 21.2. The molecule has 1 rings (SSSR count). The van der Waals surface area contributed by atoms with E-state index in [1.807, 2.05) is 0 Å². The molecule has 1 N–H and O–H groups in total. The van der Waals surface area contributed by atoms with E-state index in [4.69, 9.17) is 0 Å². The van der Waals surface area contributed by atoms with Crippen LogP contribution in [0.3, 0.4) is 0 Å². The van der Waals surface area contributed by atoms with Gasteiger partial charge >= 0.3 is 5.97 Å². The maximum absolute atomic E-state index is 12.1. The van der Waals surface area contributed by atoms with E-state index in [2.05, 4.69) is 15.3 Å². The number of nitrogens with one attached hydrogen (secondary N) is 1. The first-order chi connectivity index (χ1) is 6.15. The second-order valence-electron chi connectivity index (χ2n) is 2.55. The highest BCUT2D eigenvalue weighted by molar-refractivity contribution is 6.36. The number of esters is 1. The summed E-state index contributed by atoms with van der Waals surface area (Å²) >= 11 is 0. The number of nitrogens with zero attached hydrogens (tertiary/aromatic N) is 1. The zero-order valence-electron chi connectivity index (χ0n) is 7.09. The van der Waals surface area contributed by atoms with E-state index in [0.29, 0.717) is 0 Å². The molecule has 74 valence electrons. The lowest BCUT2D eigenvalue weighted by molar-refractivity contribution is -0.135. The monoisotopic (exact) mass is 192 g/mol. The van der Waals surface area contributed by atoms with Crippen molar-refractivity contribution in [3.8, 4) is 0 Å². The Kier molecular flexibility index (Phi) is 3.16. The molecule has 0 spiro atoms. The number of carbonyl (C=O) groups excluding carboxylic acids is 1. The van der Waals surface area contributed by atoms with E-state index >= 15 is 0 Å². The second kappa shape index (κ2) is 4.15. The number of halogens is 2. The Morgan fingerprint density at radius 1 is 1.85 bits per heavy atom. The summed E-state index contributed by atoms with van der Waals surface area (Å²) in [7, 11) is 0. The molecule has 0 fully saturated rings. The average Bonchev–Trinajstić information content (AvgIpc) is 2.52. The van der Waals surface area contributed by atoms with Crippen molar-refractivity contribution in [2.75, 3.05) is 6.61 Å². The average molecular weight is 192 g/mol.